The minimum absolute atomic E-state index is 0.111. The molecule has 136 valence electrons. The fourth-order valence-electron chi connectivity index (χ4n) is 3.31. The minimum atomic E-state index is -0.906. The number of para-hydroxylation sites is 1. The zero-order chi connectivity index (χ0) is 18.6. The Labute approximate surface area is 153 Å². The summed E-state index contributed by atoms with van der Waals surface area (Å²) in [5, 5.41) is 12.4. The van der Waals surface area contributed by atoms with Gasteiger partial charge in [0.05, 0.1) is 18.4 Å². The topological polar surface area (TPSA) is 75.6 Å². The third-order valence-corrected chi connectivity index (χ3v) is 4.99. The van der Waals surface area contributed by atoms with Crippen LogP contribution in [-0.4, -0.2) is 30.6 Å². The number of amides is 1. The lowest BCUT2D eigenvalue weighted by atomic mass is 9.93. The van der Waals surface area contributed by atoms with Crippen molar-refractivity contribution >= 4 is 11.9 Å². The number of rotatable bonds is 8. The molecule has 0 saturated heterocycles. The molecule has 2 N–H and O–H groups in total. The molecule has 1 amide bonds. The van der Waals surface area contributed by atoms with Crippen LogP contribution in [0.1, 0.15) is 24.0 Å². The zero-order valence-corrected chi connectivity index (χ0v) is 14.8. The van der Waals surface area contributed by atoms with E-state index in [0.717, 1.165) is 24.0 Å². The van der Waals surface area contributed by atoms with Gasteiger partial charge < -0.3 is 15.2 Å². The summed E-state index contributed by atoms with van der Waals surface area (Å²) in [5.74, 6) is -0.994. The molecule has 2 aromatic carbocycles. The van der Waals surface area contributed by atoms with Gasteiger partial charge in [0.15, 0.2) is 0 Å². The van der Waals surface area contributed by atoms with Crippen molar-refractivity contribution in [2.45, 2.75) is 24.7 Å². The SMILES string of the molecule is COc1ccccc1C1(C(=O)NCC(Cc2ccccc2)C(=O)O)CC1. The summed E-state index contributed by atoms with van der Waals surface area (Å²) in [6, 6.07) is 17.0. The van der Waals surface area contributed by atoms with Gasteiger partial charge in [0.2, 0.25) is 5.91 Å². The van der Waals surface area contributed by atoms with Gasteiger partial charge in [-0.3, -0.25) is 9.59 Å². The van der Waals surface area contributed by atoms with E-state index in [4.69, 9.17) is 4.74 Å². The van der Waals surface area contributed by atoms with E-state index in [-0.39, 0.29) is 12.5 Å². The molecule has 1 atom stereocenters. The van der Waals surface area contributed by atoms with Crippen LogP contribution >= 0.6 is 0 Å². The number of carboxylic acids is 1. The Kier molecular flexibility index (Phi) is 5.26. The molecule has 1 unspecified atom stereocenters. The maximum Gasteiger partial charge on any atom is 0.308 e. The van der Waals surface area contributed by atoms with Crippen LogP contribution < -0.4 is 10.1 Å². The summed E-state index contributed by atoms with van der Waals surface area (Å²) in [6.45, 7) is 0.111. The Morgan fingerprint density at radius 2 is 1.77 bits per heavy atom. The maximum absolute atomic E-state index is 12.8. The molecule has 1 fully saturated rings. The monoisotopic (exact) mass is 353 g/mol. The molecule has 5 heteroatoms. The van der Waals surface area contributed by atoms with E-state index in [1.807, 2.05) is 54.6 Å². The molecule has 0 aliphatic heterocycles. The summed E-state index contributed by atoms with van der Waals surface area (Å²) >= 11 is 0. The van der Waals surface area contributed by atoms with Gasteiger partial charge >= 0.3 is 5.97 Å². The van der Waals surface area contributed by atoms with Crippen LogP contribution in [0.4, 0.5) is 0 Å². The third kappa shape index (κ3) is 3.72. The van der Waals surface area contributed by atoms with Gasteiger partial charge in [-0.25, -0.2) is 0 Å². The summed E-state index contributed by atoms with van der Waals surface area (Å²) < 4.78 is 5.39. The average molecular weight is 353 g/mol. The Morgan fingerprint density at radius 1 is 1.12 bits per heavy atom. The highest BCUT2D eigenvalue weighted by atomic mass is 16.5. The van der Waals surface area contributed by atoms with Gasteiger partial charge in [0.1, 0.15) is 5.75 Å². The first-order valence-corrected chi connectivity index (χ1v) is 8.75. The van der Waals surface area contributed by atoms with Crippen LogP contribution in [0.5, 0.6) is 5.75 Å². The van der Waals surface area contributed by atoms with Crippen LogP contribution in [0.15, 0.2) is 54.6 Å². The zero-order valence-electron chi connectivity index (χ0n) is 14.8. The molecule has 0 aromatic heterocycles. The van der Waals surface area contributed by atoms with E-state index in [9.17, 15) is 14.7 Å². The lowest BCUT2D eigenvalue weighted by Gasteiger charge is -2.20. The van der Waals surface area contributed by atoms with E-state index in [1.165, 1.54) is 0 Å². The maximum atomic E-state index is 12.8. The Hall–Kier alpha value is -2.82. The van der Waals surface area contributed by atoms with Gasteiger partial charge in [-0.15, -0.1) is 0 Å². The number of carbonyl (C=O) groups is 2. The van der Waals surface area contributed by atoms with Gasteiger partial charge in [0, 0.05) is 12.1 Å². The average Bonchev–Trinajstić information content (AvgIpc) is 3.47. The number of benzene rings is 2. The number of nitrogens with one attached hydrogen (secondary N) is 1. The summed E-state index contributed by atoms with van der Waals surface area (Å²) in [4.78, 5) is 24.4. The number of aliphatic carboxylic acids is 1. The third-order valence-electron chi connectivity index (χ3n) is 4.99. The molecular formula is C21H23NO4. The molecule has 1 saturated carbocycles. The van der Waals surface area contributed by atoms with E-state index in [2.05, 4.69) is 5.32 Å². The van der Waals surface area contributed by atoms with Crippen molar-refractivity contribution in [1.29, 1.82) is 0 Å². The van der Waals surface area contributed by atoms with Crippen molar-refractivity contribution in [2.24, 2.45) is 5.92 Å². The molecule has 0 heterocycles. The lowest BCUT2D eigenvalue weighted by Crippen LogP contribution is -2.40. The van der Waals surface area contributed by atoms with Crippen LogP contribution in [-0.2, 0) is 21.4 Å². The fraction of sp³-hybridized carbons (Fsp3) is 0.333. The van der Waals surface area contributed by atoms with Crippen LogP contribution in [0.3, 0.4) is 0 Å². The molecule has 0 radical (unpaired) electrons. The van der Waals surface area contributed by atoms with Crippen molar-refractivity contribution in [3.05, 3.63) is 65.7 Å². The van der Waals surface area contributed by atoms with Gasteiger partial charge in [-0.2, -0.15) is 0 Å². The van der Waals surface area contributed by atoms with Crippen molar-refractivity contribution in [3.8, 4) is 5.75 Å². The highest BCUT2D eigenvalue weighted by Crippen LogP contribution is 2.51. The summed E-state index contributed by atoms with van der Waals surface area (Å²) in [7, 11) is 1.59. The van der Waals surface area contributed by atoms with Gasteiger partial charge in [-0.05, 0) is 30.9 Å². The number of hydrogen-bond acceptors (Lipinski definition) is 3. The van der Waals surface area contributed by atoms with Crippen LogP contribution in [0.25, 0.3) is 0 Å². The smallest absolute Gasteiger partial charge is 0.308 e. The first-order chi connectivity index (χ1) is 12.6. The molecule has 1 aliphatic rings. The lowest BCUT2D eigenvalue weighted by molar-refractivity contribution is -0.141. The first kappa shape index (κ1) is 18.0. The quantitative estimate of drug-likeness (QED) is 0.765. The highest BCUT2D eigenvalue weighted by Gasteiger charge is 2.52. The fourth-order valence-corrected chi connectivity index (χ4v) is 3.31. The van der Waals surface area contributed by atoms with Crippen molar-refractivity contribution < 1.29 is 19.4 Å². The predicted molar refractivity (Wildman–Crippen MR) is 98.2 cm³/mol. The van der Waals surface area contributed by atoms with Crippen LogP contribution in [0.2, 0.25) is 0 Å². The first-order valence-electron chi connectivity index (χ1n) is 8.75. The number of ether oxygens (including phenoxy) is 1. The second-order valence-corrected chi connectivity index (χ2v) is 6.72. The Morgan fingerprint density at radius 3 is 2.38 bits per heavy atom. The summed E-state index contributed by atoms with van der Waals surface area (Å²) in [6.07, 6.45) is 1.88. The highest BCUT2D eigenvalue weighted by molar-refractivity contribution is 5.92. The normalized spacial score (nSPS) is 15.7. The second-order valence-electron chi connectivity index (χ2n) is 6.72. The van der Waals surface area contributed by atoms with E-state index in [1.54, 1.807) is 7.11 Å². The number of carbonyl (C=O) groups excluding carboxylic acids is 1. The van der Waals surface area contributed by atoms with Gasteiger partial charge in [0.25, 0.3) is 0 Å². The molecule has 1 aliphatic carbocycles. The molecule has 0 spiro atoms. The van der Waals surface area contributed by atoms with Crippen LogP contribution in [0, 0.1) is 5.92 Å². The van der Waals surface area contributed by atoms with Crippen molar-refractivity contribution in [2.75, 3.05) is 13.7 Å². The largest absolute Gasteiger partial charge is 0.496 e. The minimum Gasteiger partial charge on any atom is -0.496 e. The molecule has 0 bridgehead atoms. The molecule has 26 heavy (non-hydrogen) atoms. The predicted octanol–water partition coefficient (Wildman–Crippen LogP) is 2.79. The number of methoxy groups -OCH3 is 1. The number of hydrogen-bond donors (Lipinski definition) is 2. The summed E-state index contributed by atoms with van der Waals surface area (Å²) in [5.41, 5.74) is 1.22. The number of carboxylic acid groups (broad SMARTS) is 1. The molecule has 5 nitrogen and oxygen atoms in total. The molecular weight excluding hydrogens is 330 g/mol. The second kappa shape index (κ2) is 7.60. The molecule has 2 aromatic rings. The van der Waals surface area contributed by atoms with E-state index in [0.29, 0.717) is 12.2 Å². The molecule has 3 rings (SSSR count). The van der Waals surface area contributed by atoms with Crippen molar-refractivity contribution in [3.63, 3.8) is 0 Å². The van der Waals surface area contributed by atoms with E-state index < -0.39 is 17.3 Å². The van der Waals surface area contributed by atoms with Gasteiger partial charge in [-0.1, -0.05) is 48.5 Å². The van der Waals surface area contributed by atoms with Crippen molar-refractivity contribution in [1.82, 2.24) is 5.32 Å². The Bertz CT molecular complexity index is 784. The standard InChI is InChI=1S/C21H23NO4/c1-26-18-10-6-5-9-17(18)21(11-12-21)20(25)22-14-16(19(23)24)13-15-7-3-2-4-8-15/h2-10,16H,11-14H2,1H3,(H,22,25)(H,23,24). The van der Waals surface area contributed by atoms with E-state index >= 15 is 0 Å². The Balaban J connectivity index is 1.68.